The van der Waals surface area contributed by atoms with Gasteiger partial charge >= 0.3 is 39.5 Å². The van der Waals surface area contributed by atoms with E-state index in [2.05, 4.69) is 72.8 Å². The number of hydrogen-bond donors (Lipinski definition) is 3. The van der Waals surface area contributed by atoms with E-state index in [4.69, 9.17) is 37.0 Å². The van der Waals surface area contributed by atoms with Gasteiger partial charge in [-0.3, -0.25) is 37.3 Å². The predicted octanol–water partition coefficient (Wildman–Crippen LogP) is 21.7. The minimum atomic E-state index is -4.96. The first-order valence-corrected chi connectivity index (χ1v) is 41.7. The van der Waals surface area contributed by atoms with Crippen molar-refractivity contribution >= 4 is 39.5 Å². The van der Waals surface area contributed by atoms with Crippen LogP contribution in [-0.2, 0) is 65.4 Å². The third kappa shape index (κ3) is 69.8. The number of carbonyl (C=O) groups excluding carboxylic acids is 4. The van der Waals surface area contributed by atoms with Crippen LogP contribution in [0.25, 0.3) is 0 Å². The van der Waals surface area contributed by atoms with Crippen LogP contribution in [0.1, 0.15) is 363 Å². The maximum absolute atomic E-state index is 13.1. The van der Waals surface area contributed by atoms with E-state index in [-0.39, 0.29) is 25.7 Å². The van der Waals surface area contributed by atoms with Gasteiger partial charge in [0.05, 0.1) is 26.4 Å². The fraction of sp³-hybridized carbons (Fsp3) is 0.895. The molecule has 0 aliphatic carbocycles. The highest BCUT2D eigenvalue weighted by atomic mass is 31.2. The van der Waals surface area contributed by atoms with Crippen molar-refractivity contribution in [3.05, 3.63) is 24.3 Å². The van der Waals surface area contributed by atoms with Crippen molar-refractivity contribution in [2.24, 2.45) is 17.8 Å². The molecule has 19 heteroatoms. The second-order valence-corrected chi connectivity index (χ2v) is 31.0. The minimum Gasteiger partial charge on any atom is -0.462 e. The SMILES string of the molecule is CCCCCC/C=C\C=C/CCCCCCCC(=O)O[C@H](COC(=O)CCCCCCCCCC(C)C)COP(=O)(O)OCC(O)COP(=O)(O)OC[C@@H](COC(=O)CCCCCCCCCCCCCCCCCCC(C)C)OC(=O)CCCCCCCCCCC(C)C. The maximum atomic E-state index is 13.1. The molecule has 0 bridgehead atoms. The number of esters is 4. The third-order valence-electron chi connectivity index (χ3n) is 17.0. The van der Waals surface area contributed by atoms with Crippen LogP contribution in [0.4, 0.5) is 0 Å². The first-order valence-electron chi connectivity index (χ1n) is 38.7. The molecule has 0 saturated heterocycles. The Hall–Kier alpha value is -2.46. The van der Waals surface area contributed by atoms with Crippen LogP contribution in [0.15, 0.2) is 24.3 Å². The van der Waals surface area contributed by atoms with Crippen LogP contribution in [0.2, 0.25) is 0 Å². The van der Waals surface area contributed by atoms with Crippen LogP contribution in [0, 0.1) is 17.8 Å². The van der Waals surface area contributed by atoms with Crippen molar-refractivity contribution < 1.29 is 80.2 Å². The van der Waals surface area contributed by atoms with E-state index in [1.165, 1.54) is 154 Å². The summed E-state index contributed by atoms with van der Waals surface area (Å²) in [7, 11) is -9.92. The highest BCUT2D eigenvalue weighted by Gasteiger charge is 2.30. The molecule has 0 rings (SSSR count). The van der Waals surface area contributed by atoms with Gasteiger partial charge in [0.25, 0.3) is 0 Å². The van der Waals surface area contributed by atoms with E-state index >= 15 is 0 Å². The quantitative estimate of drug-likeness (QED) is 0.0169. The summed E-state index contributed by atoms with van der Waals surface area (Å²) in [4.78, 5) is 72.7. The number of hydrogen-bond acceptors (Lipinski definition) is 15. The molecule has 0 aromatic carbocycles. The van der Waals surface area contributed by atoms with E-state index < -0.39 is 97.5 Å². The second-order valence-electron chi connectivity index (χ2n) is 28.1. The summed E-state index contributed by atoms with van der Waals surface area (Å²) < 4.78 is 68.4. The summed E-state index contributed by atoms with van der Waals surface area (Å²) >= 11 is 0. The van der Waals surface area contributed by atoms with E-state index in [0.717, 1.165) is 115 Å². The number of phosphoric ester groups is 2. The van der Waals surface area contributed by atoms with Crippen LogP contribution in [0.5, 0.6) is 0 Å². The minimum absolute atomic E-state index is 0.0839. The molecule has 0 radical (unpaired) electrons. The van der Waals surface area contributed by atoms with Crippen molar-refractivity contribution in [1.82, 2.24) is 0 Å². The molecule has 0 aromatic heterocycles. The Labute approximate surface area is 580 Å². The summed E-state index contributed by atoms with van der Waals surface area (Å²) in [5.74, 6) is 0.0778. The highest BCUT2D eigenvalue weighted by Crippen LogP contribution is 2.45. The van der Waals surface area contributed by atoms with Gasteiger partial charge in [-0.05, 0) is 69.1 Å². The van der Waals surface area contributed by atoms with E-state index in [1.54, 1.807) is 0 Å². The highest BCUT2D eigenvalue weighted by molar-refractivity contribution is 7.47. The summed E-state index contributed by atoms with van der Waals surface area (Å²) in [6.45, 7) is 11.8. The number of phosphoric acid groups is 2. The third-order valence-corrected chi connectivity index (χ3v) is 18.9. The molecule has 0 fully saturated rings. The largest absolute Gasteiger partial charge is 0.472 e. The molecule has 95 heavy (non-hydrogen) atoms. The van der Waals surface area contributed by atoms with Gasteiger partial charge in [-0.1, -0.05) is 310 Å². The Morgan fingerprint density at radius 2 is 0.568 bits per heavy atom. The molecule has 0 aromatic rings. The summed E-state index contributed by atoms with van der Waals surface area (Å²) in [6.07, 6.45) is 55.1. The summed E-state index contributed by atoms with van der Waals surface area (Å²) in [6, 6.07) is 0. The average molecular weight is 1390 g/mol. The zero-order chi connectivity index (χ0) is 70.1. The lowest BCUT2D eigenvalue weighted by atomic mass is 10.0. The van der Waals surface area contributed by atoms with Gasteiger partial charge in [0.2, 0.25) is 0 Å². The number of aliphatic hydroxyl groups is 1. The van der Waals surface area contributed by atoms with Crippen LogP contribution in [0.3, 0.4) is 0 Å². The molecule has 3 unspecified atom stereocenters. The van der Waals surface area contributed by atoms with Crippen molar-refractivity contribution in [2.45, 2.75) is 381 Å². The number of aliphatic hydroxyl groups excluding tert-OH is 1. The van der Waals surface area contributed by atoms with Crippen molar-refractivity contribution in [2.75, 3.05) is 39.6 Å². The van der Waals surface area contributed by atoms with Crippen molar-refractivity contribution in [3.63, 3.8) is 0 Å². The topological polar surface area (TPSA) is 237 Å². The van der Waals surface area contributed by atoms with Gasteiger partial charge in [-0.2, -0.15) is 0 Å². The van der Waals surface area contributed by atoms with Gasteiger partial charge in [0.15, 0.2) is 12.2 Å². The molecule has 0 spiro atoms. The number of carbonyl (C=O) groups is 4. The lowest BCUT2D eigenvalue weighted by Crippen LogP contribution is -2.30. The second kappa shape index (κ2) is 66.1. The van der Waals surface area contributed by atoms with E-state index in [9.17, 15) is 43.2 Å². The van der Waals surface area contributed by atoms with E-state index in [0.29, 0.717) is 37.5 Å². The molecule has 0 aliphatic heterocycles. The molecule has 560 valence electrons. The Kier molecular flexibility index (Phi) is 64.4. The summed E-state index contributed by atoms with van der Waals surface area (Å²) in [5, 5.41) is 10.6. The fourth-order valence-corrected chi connectivity index (χ4v) is 12.6. The Balaban J connectivity index is 5.22. The first-order chi connectivity index (χ1) is 45.7. The van der Waals surface area contributed by atoms with Crippen LogP contribution < -0.4 is 0 Å². The van der Waals surface area contributed by atoms with Crippen LogP contribution in [-0.4, -0.2) is 96.7 Å². The molecule has 5 atom stereocenters. The number of allylic oxidation sites excluding steroid dienone is 4. The molecule has 0 heterocycles. The summed E-state index contributed by atoms with van der Waals surface area (Å²) in [5.41, 5.74) is 0. The molecular weight excluding hydrogens is 1250 g/mol. The lowest BCUT2D eigenvalue weighted by molar-refractivity contribution is -0.161. The van der Waals surface area contributed by atoms with Crippen molar-refractivity contribution in [3.8, 4) is 0 Å². The monoisotopic (exact) mass is 1390 g/mol. The predicted molar refractivity (Wildman–Crippen MR) is 386 cm³/mol. The average Bonchev–Trinajstić information content (AvgIpc) is 1.22. The van der Waals surface area contributed by atoms with Crippen molar-refractivity contribution in [1.29, 1.82) is 0 Å². The van der Waals surface area contributed by atoms with Gasteiger partial charge in [0, 0.05) is 25.7 Å². The molecular formula is C76H144O17P2. The smallest absolute Gasteiger partial charge is 0.462 e. The first kappa shape index (κ1) is 92.5. The molecule has 0 aliphatic rings. The van der Waals surface area contributed by atoms with Gasteiger partial charge in [0.1, 0.15) is 19.3 Å². The zero-order valence-electron chi connectivity index (χ0n) is 61.6. The van der Waals surface area contributed by atoms with Gasteiger partial charge in [-0.15, -0.1) is 0 Å². The Morgan fingerprint density at radius 1 is 0.326 bits per heavy atom. The molecule has 0 amide bonds. The molecule has 17 nitrogen and oxygen atoms in total. The number of unbranched alkanes of at least 4 members (excludes halogenated alkanes) is 37. The van der Waals surface area contributed by atoms with Gasteiger partial charge < -0.3 is 33.8 Å². The normalized spacial score (nSPS) is 14.2. The zero-order valence-corrected chi connectivity index (χ0v) is 63.4. The van der Waals surface area contributed by atoms with E-state index in [1.807, 2.05) is 0 Å². The fourth-order valence-electron chi connectivity index (χ4n) is 11.1. The number of rotatable bonds is 72. The van der Waals surface area contributed by atoms with Gasteiger partial charge in [-0.25, -0.2) is 9.13 Å². The molecule has 0 saturated carbocycles. The lowest BCUT2D eigenvalue weighted by Gasteiger charge is -2.21. The van der Waals surface area contributed by atoms with Crippen LogP contribution >= 0.6 is 15.6 Å². The number of ether oxygens (including phenoxy) is 4. The Morgan fingerprint density at radius 3 is 0.853 bits per heavy atom. The maximum Gasteiger partial charge on any atom is 0.472 e. The Bertz CT molecular complexity index is 1950. The molecule has 3 N–H and O–H groups in total. The standard InChI is InChI=1S/C76H144O17P2/c1-8-9-10-11-12-13-14-15-18-23-26-29-37-45-52-59-75(80)92-72(64-87-74(79)58-51-44-39-32-35-42-49-56-69(6)7)66-91-95(84,85)89-62-70(77)61-88-94(82,83)90-65-71(93-76(81)60-53-46-38-31-30-34-41-48-55-68(4)5)63-86-73(78)57-50-43-36-28-25-22-20-17-16-19-21-24-27-33-40-47-54-67(2)3/h13-15,18,67-72,77H,8-12,16-17,19-66H2,1-7H3,(H,82,83)(H,84,85)/b14-13-,18-15-/t70?,71-,72-/m1/s1.